The highest BCUT2D eigenvalue weighted by Gasteiger charge is 2.30. The lowest BCUT2D eigenvalue weighted by Crippen LogP contribution is -2.19. The topological polar surface area (TPSA) is 100 Å². The molecule has 0 aliphatic rings. The molecule has 1 atom stereocenters. The Labute approximate surface area is 139 Å². The lowest BCUT2D eigenvalue weighted by molar-refractivity contribution is -0.137. The van der Waals surface area contributed by atoms with Crippen molar-refractivity contribution in [3.63, 3.8) is 0 Å². The van der Waals surface area contributed by atoms with E-state index in [1.165, 1.54) is 18.3 Å². The van der Waals surface area contributed by atoms with Crippen molar-refractivity contribution in [3.8, 4) is 0 Å². The van der Waals surface area contributed by atoms with Crippen molar-refractivity contribution >= 4 is 28.2 Å². The molecule has 0 saturated heterocycles. The van der Waals surface area contributed by atoms with Crippen LogP contribution in [-0.4, -0.2) is 29.3 Å². The molecule has 10 heteroatoms. The summed E-state index contributed by atoms with van der Waals surface area (Å²) < 4.78 is 37.9. The number of carbonyl (C=O) groups is 1. The molecule has 2 aromatic rings. The number of aromatic nitrogens is 1. The molecule has 1 unspecified atom stereocenters. The number of hydrogen-bond donors (Lipinski definition) is 4. The molecule has 0 saturated carbocycles. The van der Waals surface area contributed by atoms with Crippen LogP contribution in [0.2, 0.25) is 0 Å². The number of hydrogen-bond acceptors (Lipinski definition) is 5. The fourth-order valence-corrected chi connectivity index (χ4v) is 2.76. The number of aliphatic hydroxyl groups is 1. The van der Waals surface area contributed by atoms with E-state index in [-0.39, 0.29) is 29.9 Å². The van der Waals surface area contributed by atoms with Crippen molar-refractivity contribution in [2.24, 2.45) is 5.73 Å². The Kier molecular flexibility index (Phi) is 5.75. The minimum Gasteiger partial charge on any atom is -0.396 e. The zero-order chi connectivity index (χ0) is 17.7. The Balaban J connectivity index is 2.01. The van der Waals surface area contributed by atoms with Crippen LogP contribution >= 0.6 is 11.3 Å². The number of anilines is 2. The van der Waals surface area contributed by atoms with Gasteiger partial charge in [-0.05, 0) is 18.2 Å². The monoisotopic (exact) mass is 360 g/mol. The number of halogens is 3. The van der Waals surface area contributed by atoms with E-state index in [1.54, 1.807) is 0 Å². The fraction of sp³-hybridized carbons (Fsp3) is 0.286. The van der Waals surface area contributed by atoms with Crippen LogP contribution in [0.15, 0.2) is 30.5 Å². The minimum absolute atomic E-state index is 0.00861. The second-order valence-corrected chi connectivity index (χ2v) is 5.90. The van der Waals surface area contributed by atoms with Gasteiger partial charge in [0.1, 0.15) is 0 Å². The number of thiazole rings is 1. The van der Waals surface area contributed by atoms with Gasteiger partial charge in [0.05, 0.1) is 12.2 Å². The first kappa shape index (κ1) is 18.2. The Morgan fingerprint density at radius 2 is 2.12 bits per heavy atom. The van der Waals surface area contributed by atoms with E-state index < -0.39 is 17.8 Å². The predicted octanol–water partition coefficient (Wildman–Crippen LogP) is 2.84. The highest BCUT2D eigenvalue weighted by molar-refractivity contribution is 7.15. The van der Waals surface area contributed by atoms with Crippen LogP contribution in [0.4, 0.5) is 28.8 Å². The lowest BCUT2D eigenvalue weighted by atomic mass is 10.1. The summed E-state index contributed by atoms with van der Waals surface area (Å²) in [6.45, 7) is 0.0864. The second kappa shape index (κ2) is 7.60. The zero-order valence-electron chi connectivity index (χ0n) is 12.3. The molecule has 0 bridgehead atoms. The number of alkyl halides is 3. The predicted molar refractivity (Wildman–Crippen MR) is 85.1 cm³/mol. The molecule has 24 heavy (non-hydrogen) atoms. The normalized spacial score (nSPS) is 12.7. The van der Waals surface area contributed by atoms with Gasteiger partial charge in [-0.3, -0.25) is 5.32 Å². The average molecular weight is 360 g/mol. The van der Waals surface area contributed by atoms with Crippen LogP contribution in [0.25, 0.3) is 0 Å². The summed E-state index contributed by atoms with van der Waals surface area (Å²) in [7, 11) is 0. The van der Waals surface area contributed by atoms with E-state index in [1.807, 2.05) is 0 Å². The molecule has 130 valence electrons. The number of carbonyl (C=O) groups excluding carboxylic acids is 1. The van der Waals surface area contributed by atoms with Crippen molar-refractivity contribution < 1.29 is 23.1 Å². The molecular formula is C14H15F3N4O2S. The summed E-state index contributed by atoms with van der Waals surface area (Å²) in [6, 6.07) is 3.58. The maximum atomic E-state index is 12.6. The van der Waals surface area contributed by atoms with Gasteiger partial charge in [-0.2, -0.15) is 13.2 Å². The SMILES string of the molecule is NCC(CO)c1cnc(NC(=O)Nc2cccc(C(F)(F)F)c2)s1. The third kappa shape index (κ3) is 4.66. The maximum Gasteiger partial charge on any atom is 0.416 e. The first-order valence-electron chi connectivity index (χ1n) is 6.85. The number of nitrogens with two attached hydrogens (primary N) is 1. The van der Waals surface area contributed by atoms with Crippen LogP contribution in [0, 0.1) is 0 Å². The molecule has 0 radical (unpaired) electrons. The van der Waals surface area contributed by atoms with Crippen molar-refractivity contribution in [2.75, 3.05) is 23.8 Å². The van der Waals surface area contributed by atoms with E-state index in [0.717, 1.165) is 23.5 Å². The Hall–Kier alpha value is -2.17. The first-order valence-corrected chi connectivity index (χ1v) is 7.67. The molecular weight excluding hydrogens is 345 g/mol. The Morgan fingerprint density at radius 1 is 1.38 bits per heavy atom. The smallest absolute Gasteiger partial charge is 0.396 e. The molecule has 0 spiro atoms. The van der Waals surface area contributed by atoms with Gasteiger partial charge in [-0.15, -0.1) is 11.3 Å². The summed E-state index contributed by atoms with van der Waals surface area (Å²) in [6.07, 6.45) is -3.00. The van der Waals surface area contributed by atoms with Crippen LogP contribution in [0.1, 0.15) is 16.4 Å². The van der Waals surface area contributed by atoms with Crippen LogP contribution < -0.4 is 16.4 Å². The quantitative estimate of drug-likeness (QED) is 0.659. The molecule has 0 aliphatic carbocycles. The van der Waals surface area contributed by atoms with Crippen molar-refractivity contribution in [1.82, 2.24) is 4.98 Å². The minimum atomic E-state index is -4.49. The average Bonchev–Trinajstić information content (AvgIpc) is 2.96. The number of urea groups is 1. The van der Waals surface area contributed by atoms with Crippen molar-refractivity contribution in [3.05, 3.63) is 40.9 Å². The van der Waals surface area contributed by atoms with Gasteiger partial charge in [0, 0.05) is 29.2 Å². The van der Waals surface area contributed by atoms with Gasteiger partial charge >= 0.3 is 12.2 Å². The van der Waals surface area contributed by atoms with E-state index in [2.05, 4.69) is 15.6 Å². The molecule has 0 aliphatic heterocycles. The van der Waals surface area contributed by atoms with Gasteiger partial charge in [0.15, 0.2) is 5.13 Å². The molecule has 2 amide bonds. The number of rotatable bonds is 5. The summed E-state index contributed by atoms with van der Waals surface area (Å²) in [5, 5.41) is 14.2. The first-order chi connectivity index (χ1) is 11.3. The number of nitrogens with one attached hydrogen (secondary N) is 2. The zero-order valence-corrected chi connectivity index (χ0v) is 13.1. The van der Waals surface area contributed by atoms with Gasteiger partial charge in [0.2, 0.25) is 0 Å². The highest BCUT2D eigenvalue weighted by Crippen LogP contribution is 2.30. The Bertz CT molecular complexity index is 701. The summed E-state index contributed by atoms with van der Waals surface area (Å²) in [5.41, 5.74) is 4.66. The molecule has 6 nitrogen and oxygen atoms in total. The van der Waals surface area contributed by atoms with Gasteiger partial charge in [0.25, 0.3) is 0 Å². The number of aliphatic hydroxyl groups excluding tert-OH is 1. The molecule has 2 rings (SSSR count). The van der Waals surface area contributed by atoms with Gasteiger partial charge in [-0.1, -0.05) is 6.07 Å². The maximum absolute atomic E-state index is 12.6. The second-order valence-electron chi connectivity index (χ2n) is 4.84. The van der Waals surface area contributed by atoms with Gasteiger partial charge < -0.3 is 16.2 Å². The summed E-state index contributed by atoms with van der Waals surface area (Å²) in [5.74, 6) is -0.274. The molecule has 1 aromatic carbocycles. The fourth-order valence-electron chi connectivity index (χ4n) is 1.85. The molecule has 5 N–H and O–H groups in total. The summed E-state index contributed by atoms with van der Waals surface area (Å²) in [4.78, 5) is 16.5. The van der Waals surface area contributed by atoms with Crippen molar-refractivity contribution in [1.29, 1.82) is 0 Å². The number of amides is 2. The summed E-state index contributed by atoms with van der Waals surface area (Å²) >= 11 is 1.13. The van der Waals surface area contributed by atoms with Crippen LogP contribution in [-0.2, 0) is 6.18 Å². The largest absolute Gasteiger partial charge is 0.416 e. The Morgan fingerprint density at radius 3 is 2.75 bits per heavy atom. The molecule has 1 heterocycles. The van der Waals surface area contributed by atoms with E-state index >= 15 is 0 Å². The number of nitrogens with zero attached hydrogens (tertiary/aromatic N) is 1. The van der Waals surface area contributed by atoms with Crippen LogP contribution in [0.5, 0.6) is 0 Å². The van der Waals surface area contributed by atoms with Gasteiger partial charge in [-0.25, -0.2) is 9.78 Å². The molecule has 0 fully saturated rings. The highest BCUT2D eigenvalue weighted by atomic mass is 32.1. The van der Waals surface area contributed by atoms with Crippen LogP contribution in [0.3, 0.4) is 0 Å². The van der Waals surface area contributed by atoms with E-state index in [4.69, 9.17) is 10.8 Å². The van der Waals surface area contributed by atoms with Crippen molar-refractivity contribution in [2.45, 2.75) is 12.1 Å². The standard InChI is InChI=1S/C14H15F3N4O2S/c15-14(16,17)9-2-1-3-10(4-9)20-12(23)21-13-19-6-11(24-13)8(5-18)7-22/h1-4,6,8,22H,5,7,18H2,(H2,19,20,21,23). The number of benzene rings is 1. The van der Waals surface area contributed by atoms with E-state index in [9.17, 15) is 18.0 Å². The van der Waals surface area contributed by atoms with E-state index in [0.29, 0.717) is 4.88 Å². The molecule has 1 aromatic heterocycles. The third-order valence-electron chi connectivity index (χ3n) is 3.10. The third-order valence-corrected chi connectivity index (χ3v) is 4.17. The lowest BCUT2D eigenvalue weighted by Gasteiger charge is -2.10.